The van der Waals surface area contributed by atoms with Gasteiger partial charge in [-0.3, -0.25) is 9.59 Å². The fourth-order valence-electron chi connectivity index (χ4n) is 2.02. The van der Waals surface area contributed by atoms with E-state index in [1.165, 1.54) is 18.0 Å². The first kappa shape index (κ1) is 18.9. The van der Waals surface area contributed by atoms with Gasteiger partial charge in [-0.1, -0.05) is 0 Å². The van der Waals surface area contributed by atoms with Crippen molar-refractivity contribution in [1.29, 1.82) is 0 Å². The van der Waals surface area contributed by atoms with Gasteiger partial charge in [0.2, 0.25) is 0 Å². The van der Waals surface area contributed by atoms with Crippen LogP contribution in [-0.2, 0) is 14.3 Å². The minimum absolute atomic E-state index is 0.134. The van der Waals surface area contributed by atoms with E-state index in [9.17, 15) is 9.59 Å². The summed E-state index contributed by atoms with van der Waals surface area (Å²) in [6.45, 7) is 4.01. The number of carbonyl (C=O) groups excluding carboxylic acids is 2. The third kappa shape index (κ3) is 6.54. The van der Waals surface area contributed by atoms with Gasteiger partial charge in [-0.25, -0.2) is 0 Å². The number of nitrogens with one attached hydrogen (secondary N) is 1. The number of rotatable bonds is 9. The molecular formula is C18H21NO5S. The number of thioether (sulfide) groups is 1. The highest BCUT2D eigenvalue weighted by atomic mass is 32.2. The molecule has 1 amide bonds. The van der Waals surface area contributed by atoms with E-state index in [1.807, 2.05) is 31.2 Å². The molecule has 0 bridgehead atoms. The molecule has 1 atom stereocenters. The van der Waals surface area contributed by atoms with Gasteiger partial charge in [0.1, 0.15) is 11.5 Å². The molecule has 1 aromatic carbocycles. The number of amides is 1. The van der Waals surface area contributed by atoms with E-state index in [2.05, 4.69) is 5.32 Å². The lowest BCUT2D eigenvalue weighted by Gasteiger charge is -2.11. The molecule has 0 radical (unpaired) electrons. The zero-order valence-electron chi connectivity index (χ0n) is 14.2. The maximum atomic E-state index is 11.8. The Hall–Kier alpha value is -2.41. The number of ether oxygens (including phenoxy) is 2. The van der Waals surface area contributed by atoms with Crippen LogP contribution in [0.3, 0.4) is 0 Å². The van der Waals surface area contributed by atoms with Crippen LogP contribution in [0.5, 0.6) is 5.75 Å². The van der Waals surface area contributed by atoms with E-state index in [4.69, 9.17) is 13.9 Å². The molecule has 0 spiro atoms. The molecule has 0 aliphatic carbocycles. The average Bonchev–Trinajstić information content (AvgIpc) is 3.14. The first-order chi connectivity index (χ1) is 12.1. The van der Waals surface area contributed by atoms with Gasteiger partial charge in [0.05, 0.1) is 24.7 Å². The average molecular weight is 363 g/mol. The molecule has 1 aromatic heterocycles. The first-order valence-corrected chi connectivity index (χ1v) is 8.91. The molecule has 6 nitrogen and oxygen atoms in total. The third-order valence-electron chi connectivity index (χ3n) is 3.20. The van der Waals surface area contributed by atoms with Gasteiger partial charge in [0.25, 0.3) is 5.91 Å². The van der Waals surface area contributed by atoms with Crippen molar-refractivity contribution in [2.75, 3.05) is 19.0 Å². The zero-order valence-corrected chi connectivity index (χ0v) is 15.0. The molecule has 0 fully saturated rings. The Morgan fingerprint density at radius 3 is 2.64 bits per heavy atom. The lowest BCUT2D eigenvalue weighted by molar-refractivity contribution is -0.146. The molecule has 0 saturated carbocycles. The summed E-state index contributed by atoms with van der Waals surface area (Å²) in [5, 5.41) is 2.70. The van der Waals surface area contributed by atoms with Gasteiger partial charge in [0.15, 0.2) is 6.61 Å². The van der Waals surface area contributed by atoms with Crippen molar-refractivity contribution in [3.05, 3.63) is 48.4 Å². The molecule has 2 rings (SSSR count). The van der Waals surface area contributed by atoms with Crippen molar-refractivity contribution in [3.63, 3.8) is 0 Å². The van der Waals surface area contributed by atoms with E-state index in [0.717, 1.165) is 10.6 Å². The molecule has 7 heteroatoms. The summed E-state index contributed by atoms with van der Waals surface area (Å²) in [5.74, 6) is 0.750. The quantitative estimate of drug-likeness (QED) is 0.545. The first-order valence-electron chi connectivity index (χ1n) is 7.92. The van der Waals surface area contributed by atoms with E-state index in [1.54, 1.807) is 19.1 Å². The van der Waals surface area contributed by atoms with Crippen LogP contribution < -0.4 is 10.1 Å². The van der Waals surface area contributed by atoms with Crippen LogP contribution in [0.4, 0.5) is 0 Å². The van der Waals surface area contributed by atoms with Crippen LogP contribution in [0.2, 0.25) is 0 Å². The Morgan fingerprint density at radius 2 is 2.00 bits per heavy atom. The second kappa shape index (κ2) is 9.78. The Balaban J connectivity index is 1.67. The molecule has 0 aliphatic rings. The molecule has 134 valence electrons. The van der Waals surface area contributed by atoms with Gasteiger partial charge in [-0.05, 0) is 50.2 Å². The minimum atomic E-state index is -0.445. The van der Waals surface area contributed by atoms with Crippen LogP contribution in [0.25, 0.3) is 0 Å². The molecule has 0 aliphatic heterocycles. The van der Waals surface area contributed by atoms with Gasteiger partial charge in [0, 0.05) is 4.90 Å². The summed E-state index contributed by atoms with van der Waals surface area (Å²) in [6.07, 6.45) is 1.54. The number of furan rings is 1. The predicted octanol–water partition coefficient (Wildman–Crippen LogP) is 3.19. The van der Waals surface area contributed by atoms with E-state index in [-0.39, 0.29) is 24.3 Å². The van der Waals surface area contributed by atoms with E-state index < -0.39 is 5.97 Å². The number of benzene rings is 1. The van der Waals surface area contributed by atoms with Crippen LogP contribution in [0.1, 0.15) is 25.6 Å². The lowest BCUT2D eigenvalue weighted by atomic mass is 10.2. The maximum Gasteiger partial charge on any atom is 0.316 e. The summed E-state index contributed by atoms with van der Waals surface area (Å²) < 4.78 is 15.5. The van der Waals surface area contributed by atoms with Crippen molar-refractivity contribution >= 4 is 23.6 Å². The monoisotopic (exact) mass is 363 g/mol. The molecule has 25 heavy (non-hydrogen) atoms. The second-order valence-electron chi connectivity index (χ2n) is 5.16. The molecule has 1 N–H and O–H groups in total. The van der Waals surface area contributed by atoms with Gasteiger partial charge < -0.3 is 19.2 Å². The van der Waals surface area contributed by atoms with Crippen LogP contribution >= 0.6 is 11.8 Å². The topological polar surface area (TPSA) is 77.8 Å². The summed E-state index contributed by atoms with van der Waals surface area (Å²) in [6, 6.07) is 10.7. The Labute approximate surface area is 150 Å². The number of esters is 1. The standard InChI is InChI=1S/C18H21NO5S/c1-3-22-14-6-8-15(9-7-14)25-12-18(21)24-11-17(20)19-13(2)16-5-4-10-23-16/h4-10,13H,3,11-12H2,1-2H3,(H,19,20)/t13-/m0/s1. The summed E-state index contributed by atoms with van der Waals surface area (Å²) in [7, 11) is 0. The Kier molecular flexibility index (Phi) is 7.40. The van der Waals surface area contributed by atoms with E-state index >= 15 is 0 Å². The Morgan fingerprint density at radius 1 is 1.24 bits per heavy atom. The second-order valence-corrected chi connectivity index (χ2v) is 6.21. The summed E-state index contributed by atoms with van der Waals surface area (Å²) >= 11 is 1.34. The summed E-state index contributed by atoms with van der Waals surface area (Å²) in [5.41, 5.74) is 0. The third-order valence-corrected chi connectivity index (χ3v) is 4.19. The number of carbonyl (C=O) groups is 2. The van der Waals surface area contributed by atoms with Crippen molar-refractivity contribution in [1.82, 2.24) is 5.32 Å². The van der Waals surface area contributed by atoms with Crippen molar-refractivity contribution in [2.45, 2.75) is 24.8 Å². The molecule has 2 aromatic rings. The fraction of sp³-hybridized carbons (Fsp3) is 0.333. The molecule has 0 saturated heterocycles. The van der Waals surface area contributed by atoms with Crippen LogP contribution in [-0.4, -0.2) is 30.8 Å². The SMILES string of the molecule is CCOc1ccc(SCC(=O)OCC(=O)N[C@@H](C)c2ccco2)cc1. The van der Waals surface area contributed by atoms with Crippen molar-refractivity contribution < 1.29 is 23.5 Å². The van der Waals surface area contributed by atoms with Gasteiger partial charge >= 0.3 is 5.97 Å². The van der Waals surface area contributed by atoms with Gasteiger partial charge in [-0.15, -0.1) is 11.8 Å². The number of hydrogen-bond acceptors (Lipinski definition) is 6. The lowest BCUT2D eigenvalue weighted by Crippen LogP contribution is -2.31. The Bertz CT molecular complexity index is 669. The smallest absolute Gasteiger partial charge is 0.316 e. The highest BCUT2D eigenvalue weighted by Crippen LogP contribution is 2.21. The van der Waals surface area contributed by atoms with E-state index in [0.29, 0.717) is 12.4 Å². The normalized spacial score (nSPS) is 11.6. The highest BCUT2D eigenvalue weighted by molar-refractivity contribution is 8.00. The predicted molar refractivity (Wildman–Crippen MR) is 94.6 cm³/mol. The largest absolute Gasteiger partial charge is 0.494 e. The van der Waals surface area contributed by atoms with Crippen molar-refractivity contribution in [3.8, 4) is 5.75 Å². The molecular weight excluding hydrogens is 342 g/mol. The minimum Gasteiger partial charge on any atom is -0.494 e. The number of hydrogen-bond donors (Lipinski definition) is 1. The summed E-state index contributed by atoms with van der Waals surface area (Å²) in [4.78, 5) is 24.4. The highest BCUT2D eigenvalue weighted by Gasteiger charge is 2.13. The molecule has 1 heterocycles. The zero-order chi connectivity index (χ0) is 18.1. The van der Waals surface area contributed by atoms with Gasteiger partial charge in [-0.2, -0.15) is 0 Å². The molecule has 0 unspecified atom stereocenters. The van der Waals surface area contributed by atoms with Crippen molar-refractivity contribution in [2.24, 2.45) is 0 Å². The van der Waals surface area contributed by atoms with Crippen LogP contribution in [0.15, 0.2) is 52.0 Å². The fourth-order valence-corrected chi connectivity index (χ4v) is 2.72. The van der Waals surface area contributed by atoms with Crippen LogP contribution in [0, 0.1) is 0 Å². The maximum absolute atomic E-state index is 11.8.